The number of nitrogens with zero attached hydrogens (tertiary/aromatic N) is 1. The standard InChI is InChI=1S/C23H27NO4S/c1-26-18-7-9-19(10-8-18)28-15-21-20-6-3-11-27-22(20)13-23(29)24(21)14-16-4-2-5-17(25)12-16/h2,4-5,7-10,12,20-22,25H,3,6,11,13-15H2,1H3. The zero-order chi connectivity index (χ0) is 20.2. The Morgan fingerprint density at radius 1 is 1.17 bits per heavy atom. The van der Waals surface area contributed by atoms with Gasteiger partial charge in [0.2, 0.25) is 0 Å². The minimum atomic E-state index is 0.131. The van der Waals surface area contributed by atoms with E-state index in [9.17, 15) is 5.11 Å². The van der Waals surface area contributed by atoms with Crippen LogP contribution in [0.3, 0.4) is 0 Å². The molecular weight excluding hydrogens is 386 g/mol. The minimum Gasteiger partial charge on any atom is -0.508 e. The maximum absolute atomic E-state index is 9.85. The molecular formula is C23H27NO4S. The average molecular weight is 414 g/mol. The van der Waals surface area contributed by atoms with E-state index in [1.165, 1.54) is 0 Å². The molecule has 3 atom stereocenters. The molecule has 1 N–H and O–H groups in total. The number of benzene rings is 2. The van der Waals surface area contributed by atoms with Gasteiger partial charge in [-0.1, -0.05) is 24.4 Å². The molecule has 0 spiro atoms. The smallest absolute Gasteiger partial charge is 0.119 e. The lowest BCUT2D eigenvalue weighted by atomic mass is 9.81. The first-order valence-electron chi connectivity index (χ1n) is 10.1. The van der Waals surface area contributed by atoms with Crippen molar-refractivity contribution in [1.29, 1.82) is 0 Å². The SMILES string of the molecule is COc1ccc(OCC2C3CCCOC3CC(=S)N2Cc2cccc(O)c2)cc1. The number of likely N-dealkylation sites (tertiary alicyclic amines) is 1. The Balaban J connectivity index is 1.53. The monoisotopic (exact) mass is 413 g/mol. The first kappa shape index (κ1) is 20.0. The fraction of sp³-hybridized carbons (Fsp3) is 0.435. The van der Waals surface area contributed by atoms with E-state index in [-0.39, 0.29) is 17.9 Å². The molecule has 4 rings (SSSR count). The summed E-state index contributed by atoms with van der Waals surface area (Å²) in [5.41, 5.74) is 1.04. The third kappa shape index (κ3) is 4.65. The number of rotatable bonds is 6. The number of piperidine rings is 1. The fourth-order valence-electron chi connectivity index (χ4n) is 4.34. The molecule has 2 aromatic carbocycles. The molecule has 0 amide bonds. The summed E-state index contributed by atoms with van der Waals surface area (Å²) < 4.78 is 17.5. The summed E-state index contributed by atoms with van der Waals surface area (Å²) in [5.74, 6) is 2.27. The van der Waals surface area contributed by atoms with E-state index in [0.29, 0.717) is 19.1 Å². The zero-order valence-electron chi connectivity index (χ0n) is 16.6. The van der Waals surface area contributed by atoms with E-state index in [1.54, 1.807) is 19.2 Å². The average Bonchev–Trinajstić information content (AvgIpc) is 2.74. The van der Waals surface area contributed by atoms with Crippen LogP contribution < -0.4 is 9.47 Å². The summed E-state index contributed by atoms with van der Waals surface area (Å²) in [4.78, 5) is 3.17. The number of thiocarbonyl (C=S) groups is 1. The number of aromatic hydroxyl groups is 1. The maximum atomic E-state index is 9.85. The Morgan fingerprint density at radius 3 is 2.72 bits per heavy atom. The van der Waals surface area contributed by atoms with Gasteiger partial charge in [0.25, 0.3) is 0 Å². The second-order valence-electron chi connectivity index (χ2n) is 7.66. The van der Waals surface area contributed by atoms with Gasteiger partial charge < -0.3 is 24.2 Å². The highest BCUT2D eigenvalue weighted by Crippen LogP contribution is 2.36. The summed E-state index contributed by atoms with van der Waals surface area (Å²) in [5, 5.41) is 9.85. The van der Waals surface area contributed by atoms with Crippen LogP contribution in [0.5, 0.6) is 17.2 Å². The van der Waals surface area contributed by atoms with Crippen molar-refractivity contribution in [2.45, 2.75) is 38.0 Å². The van der Waals surface area contributed by atoms with Crippen LogP contribution in [-0.2, 0) is 11.3 Å². The van der Waals surface area contributed by atoms with E-state index < -0.39 is 0 Å². The molecule has 0 radical (unpaired) electrons. The van der Waals surface area contributed by atoms with Gasteiger partial charge in [0.1, 0.15) is 23.9 Å². The molecule has 2 fully saturated rings. The highest BCUT2D eigenvalue weighted by molar-refractivity contribution is 7.80. The Bertz CT molecular complexity index is 841. The minimum absolute atomic E-state index is 0.131. The van der Waals surface area contributed by atoms with Crippen LogP contribution in [0, 0.1) is 5.92 Å². The second-order valence-corrected chi connectivity index (χ2v) is 8.14. The number of hydrogen-bond donors (Lipinski definition) is 1. The van der Waals surface area contributed by atoms with Crippen LogP contribution >= 0.6 is 12.2 Å². The molecule has 2 heterocycles. The molecule has 0 saturated carbocycles. The van der Waals surface area contributed by atoms with E-state index >= 15 is 0 Å². The summed E-state index contributed by atoms with van der Waals surface area (Å²) in [6.07, 6.45) is 3.12. The van der Waals surface area contributed by atoms with Gasteiger partial charge in [-0.05, 0) is 54.8 Å². The van der Waals surface area contributed by atoms with Gasteiger partial charge in [-0.15, -0.1) is 0 Å². The number of fused-ring (bicyclic) bond motifs is 1. The lowest BCUT2D eigenvalue weighted by Gasteiger charge is -2.48. The largest absolute Gasteiger partial charge is 0.508 e. The van der Waals surface area contributed by atoms with Crippen molar-refractivity contribution in [3.8, 4) is 17.2 Å². The molecule has 0 aliphatic carbocycles. The third-order valence-electron chi connectivity index (χ3n) is 5.83. The third-order valence-corrected chi connectivity index (χ3v) is 6.23. The maximum Gasteiger partial charge on any atom is 0.119 e. The Kier molecular flexibility index (Phi) is 6.21. The van der Waals surface area contributed by atoms with Crippen molar-refractivity contribution >= 4 is 17.2 Å². The number of methoxy groups -OCH3 is 1. The van der Waals surface area contributed by atoms with E-state index in [2.05, 4.69) is 4.90 Å². The van der Waals surface area contributed by atoms with Crippen LogP contribution in [-0.4, -0.2) is 47.5 Å². The number of phenolic OH excluding ortho intramolecular Hbond substituents is 1. The number of phenols is 1. The van der Waals surface area contributed by atoms with Crippen molar-refractivity contribution in [2.75, 3.05) is 20.3 Å². The second kappa shape index (κ2) is 9.01. The van der Waals surface area contributed by atoms with Crippen LogP contribution in [0.2, 0.25) is 0 Å². The predicted molar refractivity (Wildman–Crippen MR) is 116 cm³/mol. The summed E-state index contributed by atoms with van der Waals surface area (Å²) in [7, 11) is 1.65. The Labute approximate surface area is 177 Å². The predicted octanol–water partition coefficient (Wildman–Crippen LogP) is 4.18. The quantitative estimate of drug-likeness (QED) is 0.717. The van der Waals surface area contributed by atoms with Gasteiger partial charge in [0.15, 0.2) is 0 Å². The van der Waals surface area contributed by atoms with Crippen molar-refractivity contribution in [2.24, 2.45) is 5.92 Å². The molecule has 2 aliphatic rings. The van der Waals surface area contributed by atoms with Crippen molar-refractivity contribution in [3.05, 3.63) is 54.1 Å². The Morgan fingerprint density at radius 2 is 1.97 bits per heavy atom. The molecule has 154 valence electrons. The number of ether oxygens (including phenoxy) is 3. The van der Waals surface area contributed by atoms with Crippen molar-refractivity contribution < 1.29 is 19.3 Å². The van der Waals surface area contributed by atoms with Crippen molar-refractivity contribution in [3.63, 3.8) is 0 Å². The highest BCUT2D eigenvalue weighted by atomic mass is 32.1. The lowest BCUT2D eigenvalue weighted by molar-refractivity contribution is -0.0670. The Hall–Kier alpha value is -2.31. The highest BCUT2D eigenvalue weighted by Gasteiger charge is 2.42. The molecule has 3 unspecified atom stereocenters. The van der Waals surface area contributed by atoms with Crippen LogP contribution in [0.15, 0.2) is 48.5 Å². The topological polar surface area (TPSA) is 51.2 Å². The van der Waals surface area contributed by atoms with Crippen LogP contribution in [0.25, 0.3) is 0 Å². The van der Waals surface area contributed by atoms with Gasteiger partial charge >= 0.3 is 0 Å². The van der Waals surface area contributed by atoms with Gasteiger partial charge in [-0.3, -0.25) is 0 Å². The van der Waals surface area contributed by atoms with Gasteiger partial charge in [-0.2, -0.15) is 0 Å². The molecule has 0 bridgehead atoms. The first-order valence-corrected chi connectivity index (χ1v) is 10.5. The van der Waals surface area contributed by atoms with Gasteiger partial charge in [0, 0.05) is 25.5 Å². The lowest BCUT2D eigenvalue weighted by Crippen LogP contribution is -2.57. The van der Waals surface area contributed by atoms with Crippen LogP contribution in [0.1, 0.15) is 24.8 Å². The summed E-state index contributed by atoms with van der Waals surface area (Å²) >= 11 is 5.78. The summed E-state index contributed by atoms with van der Waals surface area (Å²) in [6.45, 7) is 2.01. The van der Waals surface area contributed by atoms with Crippen LogP contribution in [0.4, 0.5) is 0 Å². The van der Waals surface area contributed by atoms with Gasteiger partial charge in [0.05, 0.1) is 24.2 Å². The first-order chi connectivity index (χ1) is 14.1. The van der Waals surface area contributed by atoms with E-state index in [4.69, 9.17) is 26.4 Å². The molecule has 5 nitrogen and oxygen atoms in total. The van der Waals surface area contributed by atoms with E-state index in [1.807, 2.05) is 36.4 Å². The molecule has 6 heteroatoms. The molecule has 29 heavy (non-hydrogen) atoms. The number of hydrogen-bond acceptors (Lipinski definition) is 5. The molecule has 2 aliphatic heterocycles. The fourth-order valence-corrected chi connectivity index (χ4v) is 4.71. The molecule has 2 aromatic rings. The summed E-state index contributed by atoms with van der Waals surface area (Å²) in [6, 6.07) is 15.2. The van der Waals surface area contributed by atoms with Gasteiger partial charge in [-0.25, -0.2) is 0 Å². The molecule has 2 saturated heterocycles. The zero-order valence-corrected chi connectivity index (χ0v) is 17.4. The van der Waals surface area contributed by atoms with Crippen molar-refractivity contribution in [1.82, 2.24) is 4.90 Å². The van der Waals surface area contributed by atoms with E-state index in [0.717, 1.165) is 47.9 Å². The molecule has 0 aromatic heterocycles. The normalized spacial score (nSPS) is 24.1.